The Bertz CT molecular complexity index is 979. The van der Waals surface area contributed by atoms with Crippen LogP contribution < -0.4 is 4.90 Å². The fourth-order valence-corrected chi connectivity index (χ4v) is 4.98. The molecule has 3 nitrogen and oxygen atoms in total. The number of halogens is 1. The van der Waals surface area contributed by atoms with Gasteiger partial charge in [0.2, 0.25) is 5.91 Å². The maximum atomic E-state index is 14.4. The van der Waals surface area contributed by atoms with Crippen molar-refractivity contribution in [2.75, 3.05) is 4.90 Å². The lowest BCUT2D eigenvalue weighted by molar-refractivity contribution is -0.124. The molecule has 30 heavy (non-hydrogen) atoms. The second-order valence-electron chi connectivity index (χ2n) is 8.88. The minimum Gasteiger partial charge on any atom is -0.308 e. The first-order valence-electron chi connectivity index (χ1n) is 10.7. The Morgan fingerprint density at radius 1 is 1.10 bits per heavy atom. The quantitative estimate of drug-likeness (QED) is 0.578. The molecular weight excluding hydrogens is 377 g/mol. The molecular formula is C26H28FNO2. The Kier molecular flexibility index (Phi) is 5.85. The van der Waals surface area contributed by atoms with Crippen LogP contribution in [-0.2, 0) is 16.1 Å². The zero-order chi connectivity index (χ0) is 21.3. The average molecular weight is 406 g/mol. The molecule has 3 unspecified atom stereocenters. The van der Waals surface area contributed by atoms with E-state index >= 15 is 0 Å². The number of carbonyl (C=O) groups is 2. The Morgan fingerprint density at radius 2 is 1.87 bits per heavy atom. The van der Waals surface area contributed by atoms with Gasteiger partial charge in [0.1, 0.15) is 5.82 Å². The third-order valence-electron chi connectivity index (χ3n) is 6.51. The molecule has 2 aliphatic rings. The largest absolute Gasteiger partial charge is 0.308 e. The van der Waals surface area contributed by atoms with Gasteiger partial charge in [0.25, 0.3) is 0 Å². The molecule has 4 heteroatoms. The summed E-state index contributed by atoms with van der Waals surface area (Å²) in [6.45, 7) is 3.90. The molecule has 1 amide bonds. The van der Waals surface area contributed by atoms with Crippen LogP contribution in [0.4, 0.5) is 10.1 Å². The summed E-state index contributed by atoms with van der Waals surface area (Å²) < 4.78 is 14.4. The van der Waals surface area contributed by atoms with Crippen LogP contribution in [0.2, 0.25) is 0 Å². The summed E-state index contributed by atoms with van der Waals surface area (Å²) in [4.78, 5) is 26.7. The van der Waals surface area contributed by atoms with Crippen LogP contribution >= 0.6 is 0 Å². The fraction of sp³-hybridized carbons (Fsp3) is 0.385. The molecule has 0 aliphatic heterocycles. The number of aryl methyl sites for hydroxylation is 1. The van der Waals surface area contributed by atoms with Crippen molar-refractivity contribution in [3.05, 3.63) is 71.0 Å². The van der Waals surface area contributed by atoms with Crippen molar-refractivity contribution in [2.24, 2.45) is 17.8 Å². The minimum atomic E-state index is -0.412. The monoisotopic (exact) mass is 405 g/mol. The van der Waals surface area contributed by atoms with Crippen LogP contribution in [0.1, 0.15) is 49.3 Å². The van der Waals surface area contributed by atoms with Gasteiger partial charge < -0.3 is 4.90 Å². The van der Waals surface area contributed by atoms with Crippen molar-refractivity contribution >= 4 is 23.5 Å². The molecule has 2 saturated carbocycles. The summed E-state index contributed by atoms with van der Waals surface area (Å²) in [5, 5.41) is 0. The number of rotatable bonds is 6. The van der Waals surface area contributed by atoms with Gasteiger partial charge in [-0.15, -0.1) is 0 Å². The number of hydrogen-bond donors (Lipinski definition) is 0. The molecule has 0 N–H and O–H groups in total. The van der Waals surface area contributed by atoms with Gasteiger partial charge >= 0.3 is 0 Å². The summed E-state index contributed by atoms with van der Waals surface area (Å²) in [6, 6.07) is 12.7. The lowest BCUT2D eigenvalue weighted by Gasteiger charge is -2.30. The van der Waals surface area contributed by atoms with Crippen LogP contribution in [0.5, 0.6) is 0 Å². The van der Waals surface area contributed by atoms with E-state index in [9.17, 15) is 14.0 Å². The molecule has 2 fully saturated rings. The van der Waals surface area contributed by atoms with Crippen LogP contribution in [0, 0.1) is 30.5 Å². The summed E-state index contributed by atoms with van der Waals surface area (Å²) >= 11 is 0. The third-order valence-corrected chi connectivity index (χ3v) is 6.51. The topological polar surface area (TPSA) is 37.4 Å². The Morgan fingerprint density at radius 3 is 2.50 bits per heavy atom. The predicted molar refractivity (Wildman–Crippen MR) is 117 cm³/mol. The van der Waals surface area contributed by atoms with Crippen LogP contribution in [0.15, 0.2) is 48.5 Å². The van der Waals surface area contributed by atoms with E-state index < -0.39 is 5.82 Å². The first-order chi connectivity index (χ1) is 14.4. The zero-order valence-corrected chi connectivity index (χ0v) is 17.6. The second-order valence-corrected chi connectivity index (χ2v) is 8.88. The molecule has 2 aromatic carbocycles. The van der Waals surface area contributed by atoms with E-state index in [1.807, 2.05) is 31.2 Å². The molecule has 0 heterocycles. The van der Waals surface area contributed by atoms with Crippen LogP contribution in [0.25, 0.3) is 6.08 Å². The molecule has 3 atom stereocenters. The number of allylic oxidation sites excluding steroid dienone is 1. The maximum Gasteiger partial charge on any atom is 0.230 e. The van der Waals surface area contributed by atoms with Crippen molar-refractivity contribution in [3.63, 3.8) is 0 Å². The van der Waals surface area contributed by atoms with Crippen molar-refractivity contribution in [3.8, 4) is 0 Å². The standard InChI is InChI=1S/C26H28FNO2/c1-17-3-6-19(7-4-17)16-28(26(30)25-14-20-9-10-22(25)11-20)24-13-21(8-5-18(2)29)12-23(27)15-24/h3-8,12-13,15,20,22,25H,9-11,14,16H2,1-2H3/b8-5+. The van der Waals surface area contributed by atoms with E-state index in [4.69, 9.17) is 0 Å². The summed E-state index contributed by atoms with van der Waals surface area (Å²) in [6.07, 6.45) is 7.45. The third kappa shape index (κ3) is 4.53. The molecule has 156 valence electrons. The molecule has 2 aliphatic carbocycles. The van der Waals surface area contributed by atoms with Gasteiger partial charge in [-0.3, -0.25) is 9.59 Å². The SMILES string of the molecule is CC(=O)/C=C/c1cc(F)cc(N(Cc2ccc(C)cc2)C(=O)C2CC3CCC2C3)c1. The van der Waals surface area contributed by atoms with Crippen molar-refractivity contribution in [2.45, 2.75) is 46.1 Å². The molecule has 0 saturated heterocycles. The molecule has 4 rings (SSSR count). The van der Waals surface area contributed by atoms with E-state index in [1.165, 1.54) is 31.6 Å². The smallest absolute Gasteiger partial charge is 0.230 e. The zero-order valence-electron chi connectivity index (χ0n) is 17.6. The van der Waals surface area contributed by atoms with Gasteiger partial charge in [-0.05, 0) is 80.3 Å². The van der Waals surface area contributed by atoms with Crippen molar-refractivity contribution < 1.29 is 14.0 Å². The van der Waals surface area contributed by atoms with Crippen molar-refractivity contribution in [1.29, 1.82) is 0 Å². The summed E-state index contributed by atoms with van der Waals surface area (Å²) in [5.74, 6) is 0.713. The van der Waals surface area contributed by atoms with Crippen LogP contribution in [0.3, 0.4) is 0 Å². The number of hydrogen-bond acceptors (Lipinski definition) is 2. The molecule has 0 aromatic heterocycles. The molecule has 0 radical (unpaired) electrons. The molecule has 2 aromatic rings. The Hall–Kier alpha value is -2.75. The number of carbonyl (C=O) groups excluding carboxylic acids is 2. The highest BCUT2D eigenvalue weighted by Crippen LogP contribution is 2.49. The van der Waals surface area contributed by atoms with Gasteiger partial charge in [-0.1, -0.05) is 42.3 Å². The van der Waals surface area contributed by atoms with Gasteiger partial charge in [0.15, 0.2) is 5.78 Å². The number of ketones is 1. The summed E-state index contributed by atoms with van der Waals surface area (Å²) in [5.41, 5.74) is 3.30. The van der Waals surface area contributed by atoms with E-state index in [1.54, 1.807) is 17.0 Å². The minimum absolute atomic E-state index is 0.0219. The van der Waals surface area contributed by atoms with E-state index in [-0.39, 0.29) is 17.6 Å². The Labute approximate surface area is 177 Å². The maximum absolute atomic E-state index is 14.4. The highest BCUT2D eigenvalue weighted by molar-refractivity contribution is 5.96. The number of nitrogens with zero attached hydrogens (tertiary/aromatic N) is 1. The first-order valence-corrected chi connectivity index (χ1v) is 10.7. The highest BCUT2D eigenvalue weighted by atomic mass is 19.1. The van der Waals surface area contributed by atoms with E-state index in [0.717, 1.165) is 30.4 Å². The van der Waals surface area contributed by atoms with Gasteiger partial charge in [-0.25, -0.2) is 4.39 Å². The predicted octanol–water partition coefficient (Wildman–Crippen LogP) is 5.71. The molecule has 2 bridgehead atoms. The van der Waals surface area contributed by atoms with Gasteiger partial charge in [0, 0.05) is 11.6 Å². The lowest BCUT2D eigenvalue weighted by Crippen LogP contribution is -2.38. The van der Waals surface area contributed by atoms with Gasteiger partial charge in [0.05, 0.1) is 6.54 Å². The normalized spacial score (nSPS) is 22.6. The van der Waals surface area contributed by atoms with Gasteiger partial charge in [-0.2, -0.15) is 0 Å². The lowest BCUT2D eigenvalue weighted by atomic mass is 9.87. The number of fused-ring (bicyclic) bond motifs is 2. The number of benzene rings is 2. The second kappa shape index (κ2) is 8.55. The highest BCUT2D eigenvalue weighted by Gasteiger charge is 2.44. The van der Waals surface area contributed by atoms with Crippen molar-refractivity contribution in [1.82, 2.24) is 0 Å². The Balaban J connectivity index is 1.68. The number of anilines is 1. The van der Waals surface area contributed by atoms with E-state index in [2.05, 4.69) is 0 Å². The summed E-state index contributed by atoms with van der Waals surface area (Å²) in [7, 11) is 0. The fourth-order valence-electron chi connectivity index (χ4n) is 4.98. The average Bonchev–Trinajstić information content (AvgIpc) is 3.34. The molecule has 0 spiro atoms. The van der Waals surface area contributed by atoms with Crippen LogP contribution in [-0.4, -0.2) is 11.7 Å². The first kappa shape index (κ1) is 20.5. The van der Waals surface area contributed by atoms with E-state index in [0.29, 0.717) is 29.6 Å². The number of amides is 1.